The first-order valence-corrected chi connectivity index (χ1v) is 5.39. The van der Waals surface area contributed by atoms with E-state index in [1.807, 2.05) is 6.07 Å². The monoisotopic (exact) mass is 262 g/mol. The molecule has 1 aromatic carbocycles. The number of rotatable bonds is 0. The van der Waals surface area contributed by atoms with Crippen LogP contribution in [0, 0.1) is 22.7 Å². The standard InChI is InChI=1S/C10H3BrN2S/c11-10-8(5-13)7-3-6(4-12)1-2-9(7)14-10/h1-3H. The van der Waals surface area contributed by atoms with Crippen molar-refractivity contribution in [3.8, 4) is 12.1 Å². The zero-order chi connectivity index (χ0) is 10.1. The van der Waals surface area contributed by atoms with Crippen LogP contribution in [-0.2, 0) is 0 Å². The number of fused-ring (bicyclic) bond motifs is 1. The van der Waals surface area contributed by atoms with Gasteiger partial charge in [0.05, 0.1) is 21.0 Å². The second-order valence-electron chi connectivity index (χ2n) is 2.69. The summed E-state index contributed by atoms with van der Waals surface area (Å²) in [5.41, 5.74) is 1.20. The topological polar surface area (TPSA) is 47.6 Å². The fourth-order valence-corrected chi connectivity index (χ4v) is 2.92. The lowest BCUT2D eigenvalue weighted by Gasteiger charge is -1.90. The Morgan fingerprint density at radius 1 is 1.21 bits per heavy atom. The van der Waals surface area contributed by atoms with Crippen LogP contribution in [-0.4, -0.2) is 0 Å². The van der Waals surface area contributed by atoms with Crippen molar-refractivity contribution in [2.45, 2.75) is 0 Å². The summed E-state index contributed by atoms with van der Waals surface area (Å²) < 4.78 is 1.84. The van der Waals surface area contributed by atoms with E-state index < -0.39 is 0 Å². The summed E-state index contributed by atoms with van der Waals surface area (Å²) in [5, 5.41) is 18.5. The Morgan fingerprint density at radius 3 is 2.64 bits per heavy atom. The van der Waals surface area contributed by atoms with Gasteiger partial charge < -0.3 is 0 Å². The Kier molecular flexibility index (Phi) is 2.25. The van der Waals surface area contributed by atoms with Gasteiger partial charge in [-0.15, -0.1) is 11.3 Å². The van der Waals surface area contributed by atoms with E-state index in [-0.39, 0.29) is 0 Å². The average Bonchev–Trinajstić information content (AvgIpc) is 2.52. The minimum absolute atomic E-state index is 0.583. The highest BCUT2D eigenvalue weighted by Gasteiger charge is 2.09. The number of nitriles is 2. The van der Waals surface area contributed by atoms with E-state index in [9.17, 15) is 0 Å². The van der Waals surface area contributed by atoms with Gasteiger partial charge in [0.25, 0.3) is 0 Å². The molecule has 0 atom stereocenters. The van der Waals surface area contributed by atoms with Crippen molar-refractivity contribution in [2.75, 3.05) is 0 Å². The number of thiophene rings is 1. The van der Waals surface area contributed by atoms with Gasteiger partial charge in [-0.05, 0) is 34.1 Å². The van der Waals surface area contributed by atoms with Crippen molar-refractivity contribution in [2.24, 2.45) is 0 Å². The summed E-state index contributed by atoms with van der Waals surface area (Å²) in [6.45, 7) is 0. The Bertz CT molecular complexity index is 586. The summed E-state index contributed by atoms with van der Waals surface area (Å²) in [6, 6.07) is 9.55. The second-order valence-corrected chi connectivity index (χ2v) is 5.06. The highest BCUT2D eigenvalue weighted by atomic mass is 79.9. The molecule has 0 fully saturated rings. The zero-order valence-electron chi connectivity index (χ0n) is 6.91. The molecule has 1 aromatic heterocycles. The first-order valence-electron chi connectivity index (χ1n) is 3.78. The van der Waals surface area contributed by atoms with Crippen molar-refractivity contribution in [1.29, 1.82) is 10.5 Å². The first kappa shape index (κ1) is 9.21. The third kappa shape index (κ3) is 1.29. The number of benzene rings is 1. The smallest absolute Gasteiger partial charge is 0.102 e. The maximum atomic E-state index is 8.91. The van der Waals surface area contributed by atoms with Crippen molar-refractivity contribution >= 4 is 37.4 Å². The third-order valence-corrected chi connectivity index (χ3v) is 3.73. The van der Waals surface area contributed by atoms with E-state index in [1.54, 1.807) is 12.1 Å². The van der Waals surface area contributed by atoms with Crippen LogP contribution in [0.25, 0.3) is 10.1 Å². The minimum atomic E-state index is 0.583. The normalized spacial score (nSPS) is 9.64. The fraction of sp³-hybridized carbons (Fsp3) is 0. The maximum Gasteiger partial charge on any atom is 0.102 e. The molecule has 0 unspecified atom stereocenters. The van der Waals surface area contributed by atoms with Gasteiger partial charge in [0.1, 0.15) is 6.07 Å². The minimum Gasteiger partial charge on any atom is -0.192 e. The Morgan fingerprint density at radius 2 is 2.00 bits per heavy atom. The van der Waals surface area contributed by atoms with Crippen LogP contribution in [0.5, 0.6) is 0 Å². The molecule has 66 valence electrons. The zero-order valence-corrected chi connectivity index (χ0v) is 9.32. The highest BCUT2D eigenvalue weighted by Crippen LogP contribution is 2.35. The Balaban J connectivity index is 2.87. The van der Waals surface area contributed by atoms with Gasteiger partial charge >= 0.3 is 0 Å². The number of hydrogen-bond donors (Lipinski definition) is 0. The van der Waals surface area contributed by atoms with Crippen LogP contribution in [0.3, 0.4) is 0 Å². The average molecular weight is 263 g/mol. The van der Waals surface area contributed by atoms with Gasteiger partial charge in [0.15, 0.2) is 0 Å². The lowest BCUT2D eigenvalue weighted by Crippen LogP contribution is -1.74. The van der Waals surface area contributed by atoms with E-state index in [0.29, 0.717) is 11.1 Å². The summed E-state index contributed by atoms with van der Waals surface area (Å²) in [4.78, 5) is 0. The molecule has 0 bridgehead atoms. The molecule has 0 saturated carbocycles. The number of hydrogen-bond acceptors (Lipinski definition) is 3. The first-order chi connectivity index (χ1) is 6.76. The molecule has 0 amide bonds. The quantitative estimate of drug-likeness (QED) is 0.731. The van der Waals surface area contributed by atoms with E-state index in [1.165, 1.54) is 11.3 Å². The molecule has 0 aliphatic heterocycles. The third-order valence-electron chi connectivity index (χ3n) is 1.89. The van der Waals surface area contributed by atoms with Crippen LogP contribution in [0.1, 0.15) is 11.1 Å². The molecule has 1 heterocycles. The van der Waals surface area contributed by atoms with E-state index >= 15 is 0 Å². The summed E-state index contributed by atoms with van der Waals surface area (Å²) in [7, 11) is 0. The molecule has 0 radical (unpaired) electrons. The fourth-order valence-electron chi connectivity index (χ4n) is 1.24. The van der Waals surface area contributed by atoms with Crippen LogP contribution in [0.2, 0.25) is 0 Å². The molecule has 14 heavy (non-hydrogen) atoms. The van der Waals surface area contributed by atoms with Crippen LogP contribution >= 0.6 is 27.3 Å². The SMILES string of the molecule is N#Cc1ccc2sc(Br)c(C#N)c2c1. The van der Waals surface area contributed by atoms with E-state index in [4.69, 9.17) is 10.5 Å². The maximum absolute atomic E-state index is 8.91. The Labute approximate surface area is 93.1 Å². The molecule has 0 N–H and O–H groups in total. The van der Waals surface area contributed by atoms with Crippen LogP contribution in [0.15, 0.2) is 22.0 Å². The summed E-state index contributed by atoms with van der Waals surface area (Å²) in [6.07, 6.45) is 0. The molecule has 0 aliphatic rings. The van der Waals surface area contributed by atoms with E-state index in [0.717, 1.165) is 13.9 Å². The van der Waals surface area contributed by atoms with E-state index in [2.05, 4.69) is 28.1 Å². The van der Waals surface area contributed by atoms with Gasteiger partial charge in [-0.3, -0.25) is 0 Å². The van der Waals surface area contributed by atoms with Gasteiger partial charge in [0.2, 0.25) is 0 Å². The van der Waals surface area contributed by atoms with Gasteiger partial charge in [-0.2, -0.15) is 10.5 Å². The van der Waals surface area contributed by atoms with Crippen molar-refractivity contribution in [3.63, 3.8) is 0 Å². The lowest BCUT2D eigenvalue weighted by atomic mass is 10.1. The molecule has 0 saturated heterocycles. The molecule has 4 heteroatoms. The summed E-state index contributed by atoms with van der Waals surface area (Å²) >= 11 is 4.84. The lowest BCUT2D eigenvalue weighted by molar-refractivity contribution is 1.49. The molecule has 2 aromatic rings. The molecule has 0 aliphatic carbocycles. The molecule has 2 nitrogen and oxygen atoms in total. The van der Waals surface area contributed by atoms with Gasteiger partial charge in [-0.25, -0.2) is 0 Å². The Hall–Kier alpha value is -1.36. The molecule has 2 rings (SSSR count). The molecule has 0 spiro atoms. The van der Waals surface area contributed by atoms with Crippen molar-refractivity contribution in [3.05, 3.63) is 33.1 Å². The number of halogens is 1. The molecular formula is C10H3BrN2S. The number of nitrogens with zero attached hydrogens (tertiary/aromatic N) is 2. The predicted octanol–water partition coefficient (Wildman–Crippen LogP) is 3.41. The van der Waals surface area contributed by atoms with Gasteiger partial charge in [0, 0.05) is 10.1 Å². The van der Waals surface area contributed by atoms with Crippen molar-refractivity contribution in [1.82, 2.24) is 0 Å². The second kappa shape index (κ2) is 3.42. The van der Waals surface area contributed by atoms with Gasteiger partial charge in [-0.1, -0.05) is 0 Å². The van der Waals surface area contributed by atoms with Crippen molar-refractivity contribution < 1.29 is 0 Å². The van der Waals surface area contributed by atoms with Crippen LogP contribution < -0.4 is 0 Å². The molecular weight excluding hydrogens is 260 g/mol. The highest BCUT2D eigenvalue weighted by molar-refractivity contribution is 9.11. The van der Waals surface area contributed by atoms with Crippen LogP contribution in [0.4, 0.5) is 0 Å². The predicted molar refractivity (Wildman–Crippen MR) is 59.0 cm³/mol. The largest absolute Gasteiger partial charge is 0.192 e. The summed E-state index contributed by atoms with van der Waals surface area (Å²) in [5.74, 6) is 0.